The largest absolute Gasteiger partial charge is 0.516 e. The molecule has 0 saturated heterocycles. The number of alkyl halides is 3. The van der Waals surface area contributed by atoms with Crippen LogP contribution in [0.5, 0.6) is 0 Å². The van der Waals surface area contributed by atoms with Crippen LogP contribution in [-0.4, -0.2) is 37.2 Å². The van der Waals surface area contributed by atoms with E-state index in [1.165, 1.54) is 11.6 Å². The molecule has 0 unspecified atom stereocenters. The van der Waals surface area contributed by atoms with Gasteiger partial charge in [-0.2, -0.15) is 21.6 Å². The highest BCUT2D eigenvalue weighted by Gasteiger charge is 2.46. The number of nitrogens with one attached hydrogen (secondary N) is 1. The minimum atomic E-state index is -5.61. The van der Waals surface area contributed by atoms with Gasteiger partial charge in [0.1, 0.15) is 11.2 Å². The lowest BCUT2D eigenvalue weighted by molar-refractivity contribution is -0.0429. The quantitative estimate of drug-likeness (QED) is 0.432. The highest BCUT2D eigenvalue weighted by Crippen LogP contribution is 2.39. The molecule has 1 aromatic heterocycles. The molecule has 0 saturated carbocycles. The van der Waals surface area contributed by atoms with Crippen LogP contribution < -0.4 is 9.62 Å². The second-order valence-corrected chi connectivity index (χ2v) is 9.25. The average molecular weight is 463 g/mol. The summed E-state index contributed by atoms with van der Waals surface area (Å²) in [6, 6.07) is 3.00. The maximum atomic E-state index is 12.9. The third-order valence-electron chi connectivity index (χ3n) is 4.58. The van der Waals surface area contributed by atoms with Crippen LogP contribution in [0.1, 0.15) is 38.2 Å². The van der Waals surface area contributed by atoms with Gasteiger partial charge in [-0.3, -0.25) is 4.72 Å². The first-order valence-corrected chi connectivity index (χ1v) is 11.8. The Morgan fingerprint density at radius 2 is 2.07 bits per heavy atom. The van der Waals surface area contributed by atoms with Crippen LogP contribution in [0.4, 0.5) is 35.4 Å². The number of aryl methyl sites for hydroxylation is 1. The van der Waals surface area contributed by atoms with Crippen molar-refractivity contribution in [3.63, 3.8) is 0 Å². The highest BCUT2D eigenvalue weighted by molar-refractivity contribution is 7.93. The molecule has 13 heteroatoms. The van der Waals surface area contributed by atoms with Crippen LogP contribution in [-0.2, 0) is 16.4 Å². The van der Waals surface area contributed by atoms with Crippen molar-refractivity contribution >= 4 is 43.6 Å². The summed E-state index contributed by atoms with van der Waals surface area (Å²) in [7, 11) is -5.61. The third-order valence-corrected chi connectivity index (χ3v) is 6.26. The molecule has 2 heterocycles. The number of anilines is 2. The van der Waals surface area contributed by atoms with E-state index in [4.69, 9.17) is 0 Å². The summed E-state index contributed by atoms with van der Waals surface area (Å²) >= 11 is 1.10. The molecule has 2 aromatic rings. The lowest BCUT2D eigenvalue weighted by Crippen LogP contribution is -2.32. The van der Waals surface area contributed by atoms with Crippen molar-refractivity contribution in [1.82, 2.24) is 10.2 Å². The summed E-state index contributed by atoms with van der Waals surface area (Å²) in [5.41, 5.74) is -2.69. The Kier molecular flexibility index (Phi) is 6.91. The van der Waals surface area contributed by atoms with Crippen LogP contribution in [0.3, 0.4) is 0 Å². The molecule has 0 spiro atoms. The van der Waals surface area contributed by atoms with Crippen LogP contribution in [0, 0.1) is 0 Å². The van der Waals surface area contributed by atoms with Crippen molar-refractivity contribution in [1.29, 1.82) is 0 Å². The summed E-state index contributed by atoms with van der Waals surface area (Å²) in [6.45, 7) is 3.59. The monoisotopic (exact) mass is 462 g/mol. The molecule has 1 aliphatic heterocycles. The molecule has 0 radical (unpaired) electrons. The Morgan fingerprint density at radius 3 is 2.73 bits per heavy atom. The highest BCUT2D eigenvalue weighted by atomic mass is 32.2. The van der Waals surface area contributed by atoms with Gasteiger partial charge in [-0.05, 0) is 37.0 Å². The molecule has 1 aliphatic rings. The van der Waals surface area contributed by atoms with Gasteiger partial charge in [0.15, 0.2) is 0 Å². The van der Waals surface area contributed by atoms with E-state index in [0.29, 0.717) is 12.1 Å². The lowest BCUT2D eigenvalue weighted by Gasteiger charge is -2.32. The molecular formula is C17H21F3N6O2S2. The smallest absolute Gasteiger partial charge is 0.371 e. The van der Waals surface area contributed by atoms with Crippen molar-refractivity contribution < 1.29 is 21.6 Å². The number of sulfonamides is 1. The van der Waals surface area contributed by atoms with E-state index in [2.05, 4.69) is 32.2 Å². The zero-order valence-electron chi connectivity index (χ0n) is 16.2. The molecule has 164 valence electrons. The number of hydrogen-bond acceptors (Lipinski definition) is 8. The van der Waals surface area contributed by atoms with Gasteiger partial charge in [0.25, 0.3) is 5.13 Å². The Morgan fingerprint density at radius 1 is 1.27 bits per heavy atom. The minimum absolute atomic E-state index is 0.00724. The average Bonchev–Trinajstić information content (AvgIpc) is 3.19. The van der Waals surface area contributed by atoms with Crippen molar-refractivity contribution in [2.75, 3.05) is 22.7 Å². The van der Waals surface area contributed by atoms with Gasteiger partial charge in [-0.1, -0.05) is 31.1 Å². The van der Waals surface area contributed by atoms with Gasteiger partial charge in [-0.15, -0.1) is 20.4 Å². The first-order valence-electron chi connectivity index (χ1n) is 9.40. The fourth-order valence-electron chi connectivity index (χ4n) is 3.15. The Labute approximate surface area is 176 Å². The van der Waals surface area contributed by atoms with Crippen LogP contribution in [0.25, 0.3) is 0 Å². The normalized spacial score (nSPS) is 14.9. The van der Waals surface area contributed by atoms with Crippen LogP contribution in [0.2, 0.25) is 0 Å². The lowest BCUT2D eigenvalue weighted by atomic mass is 9.99. The second kappa shape index (κ2) is 9.25. The zero-order chi connectivity index (χ0) is 21.8. The first kappa shape index (κ1) is 22.4. The molecular weight excluding hydrogens is 441 g/mol. The van der Waals surface area contributed by atoms with Gasteiger partial charge in [0.05, 0.1) is 5.69 Å². The zero-order valence-corrected chi connectivity index (χ0v) is 17.8. The third kappa shape index (κ3) is 5.25. The van der Waals surface area contributed by atoms with Crippen molar-refractivity contribution in [2.45, 2.75) is 44.5 Å². The number of benzene rings is 1. The summed E-state index contributed by atoms with van der Waals surface area (Å²) in [5, 5.41) is 15.3. The van der Waals surface area contributed by atoms with Gasteiger partial charge in [0, 0.05) is 18.8 Å². The molecule has 0 fully saturated rings. The van der Waals surface area contributed by atoms with Crippen LogP contribution >= 0.6 is 11.3 Å². The number of fused-ring (bicyclic) bond motifs is 1. The summed E-state index contributed by atoms with van der Waals surface area (Å²) in [5.74, 6) is 0. The maximum absolute atomic E-state index is 12.9. The van der Waals surface area contributed by atoms with Gasteiger partial charge in [0.2, 0.25) is 0 Å². The standard InChI is InChI=1S/C17H21F3N6O2S2/c1-2-3-4-7-26-8-5-6-12-9-13(22-24-16-23-21-11-29-16)14(10-15(12)26)25-30(27,28)17(18,19)20/h9-11,25H,2-8H2,1H3. The van der Waals surface area contributed by atoms with E-state index in [-0.39, 0.29) is 16.5 Å². The topological polar surface area (TPSA) is 99.9 Å². The van der Waals surface area contributed by atoms with Gasteiger partial charge in [-0.25, -0.2) is 0 Å². The van der Waals surface area contributed by atoms with E-state index < -0.39 is 15.5 Å². The molecule has 0 aliphatic carbocycles. The molecule has 0 bridgehead atoms. The predicted octanol–water partition coefficient (Wildman–Crippen LogP) is 5.16. The van der Waals surface area contributed by atoms with Crippen molar-refractivity contribution in [3.05, 3.63) is 23.2 Å². The number of unbranched alkanes of at least 4 members (excludes halogenated alkanes) is 2. The Bertz CT molecular complexity index is 994. The van der Waals surface area contributed by atoms with E-state index in [9.17, 15) is 21.6 Å². The summed E-state index contributed by atoms with van der Waals surface area (Å²) < 4.78 is 63.9. The SMILES string of the molecule is CCCCCN1CCCc2cc(N=Nc3nncs3)c(NS(=O)(=O)C(F)(F)F)cc21. The molecule has 1 N–H and O–H groups in total. The van der Waals surface area contributed by atoms with Crippen molar-refractivity contribution in [2.24, 2.45) is 10.2 Å². The first-order chi connectivity index (χ1) is 14.2. The molecule has 3 rings (SSSR count). The Hall–Kier alpha value is -2.28. The fourth-order valence-corrected chi connectivity index (χ4v) is 4.09. The fraction of sp³-hybridized carbons (Fsp3) is 0.529. The second-order valence-electron chi connectivity index (χ2n) is 6.77. The number of rotatable bonds is 8. The number of aromatic nitrogens is 2. The Balaban J connectivity index is 2.00. The number of nitrogens with zero attached hydrogens (tertiary/aromatic N) is 5. The summed E-state index contributed by atoms with van der Waals surface area (Å²) in [4.78, 5) is 2.07. The molecule has 0 atom stereocenters. The number of halogens is 3. The van der Waals surface area contributed by atoms with E-state index in [1.54, 1.807) is 10.8 Å². The molecule has 1 aromatic carbocycles. The van der Waals surface area contributed by atoms with Gasteiger partial charge >= 0.3 is 15.5 Å². The summed E-state index contributed by atoms with van der Waals surface area (Å²) in [6.07, 6.45) is 4.63. The minimum Gasteiger partial charge on any atom is -0.371 e. The maximum Gasteiger partial charge on any atom is 0.516 e. The molecule has 0 amide bonds. The van der Waals surface area contributed by atoms with Crippen molar-refractivity contribution in [3.8, 4) is 0 Å². The number of azo groups is 1. The van der Waals surface area contributed by atoms with E-state index in [0.717, 1.165) is 55.7 Å². The molecule has 8 nitrogen and oxygen atoms in total. The van der Waals surface area contributed by atoms with Gasteiger partial charge < -0.3 is 4.90 Å². The predicted molar refractivity (Wildman–Crippen MR) is 109 cm³/mol. The number of hydrogen-bond donors (Lipinski definition) is 1. The van der Waals surface area contributed by atoms with E-state index in [1.807, 2.05) is 0 Å². The molecule has 30 heavy (non-hydrogen) atoms. The van der Waals surface area contributed by atoms with Crippen LogP contribution in [0.15, 0.2) is 27.9 Å². The van der Waals surface area contributed by atoms with E-state index >= 15 is 0 Å².